The maximum absolute atomic E-state index is 12.3. The van der Waals surface area contributed by atoms with Crippen LogP contribution in [0, 0.1) is 0 Å². The fraction of sp³-hybridized carbons (Fsp3) is 0.217. The molecule has 0 radical (unpaired) electrons. The monoisotopic (exact) mass is 441 g/mol. The summed E-state index contributed by atoms with van der Waals surface area (Å²) in [7, 11) is -3.77. The van der Waals surface area contributed by atoms with Crippen molar-refractivity contribution in [3.8, 4) is 0 Å². The van der Waals surface area contributed by atoms with E-state index in [2.05, 4.69) is 18.6 Å². The molecule has 1 N–H and O–H groups in total. The summed E-state index contributed by atoms with van der Waals surface area (Å²) in [6.45, 7) is 3.73. The molecule has 0 amide bonds. The number of hydrogen-bond donors (Lipinski definition) is 1. The zero-order valence-corrected chi connectivity index (χ0v) is 18.0. The first-order valence-corrected chi connectivity index (χ1v) is 11.2. The molecular weight excluding hydrogens is 418 g/mol. The molecule has 0 spiro atoms. The van der Waals surface area contributed by atoms with E-state index in [-0.39, 0.29) is 22.8 Å². The standard InChI is InChI=1S/C23H23NO6S/c1-16(2)17-5-7-18(8-6-17)22(25)15-30-23(26)19-9-11-21(12-10-19)31(27,28)24-14-20-4-3-13-29-20/h3-13,16,24H,14-15H2,1-2H3. The average Bonchev–Trinajstić information content (AvgIpc) is 3.30. The predicted molar refractivity (Wildman–Crippen MR) is 114 cm³/mol. The summed E-state index contributed by atoms with van der Waals surface area (Å²) in [6, 6.07) is 15.8. The highest BCUT2D eigenvalue weighted by Gasteiger charge is 2.17. The molecule has 1 heterocycles. The average molecular weight is 442 g/mol. The Kier molecular flexibility index (Phi) is 7.04. The van der Waals surface area contributed by atoms with Gasteiger partial charge >= 0.3 is 5.97 Å². The Balaban J connectivity index is 1.56. The van der Waals surface area contributed by atoms with Crippen LogP contribution in [0.2, 0.25) is 0 Å². The Morgan fingerprint density at radius 3 is 2.19 bits per heavy atom. The summed E-state index contributed by atoms with van der Waals surface area (Å²) in [5.74, 6) is -0.189. The Hall–Kier alpha value is -3.23. The van der Waals surface area contributed by atoms with Gasteiger partial charge in [0.25, 0.3) is 0 Å². The molecule has 7 nitrogen and oxygen atoms in total. The van der Waals surface area contributed by atoms with Gasteiger partial charge in [-0.3, -0.25) is 4.79 Å². The maximum atomic E-state index is 12.3. The van der Waals surface area contributed by atoms with E-state index in [1.54, 1.807) is 24.3 Å². The second-order valence-electron chi connectivity index (χ2n) is 7.20. The highest BCUT2D eigenvalue weighted by atomic mass is 32.2. The molecule has 0 atom stereocenters. The Labute approximate surface area is 181 Å². The highest BCUT2D eigenvalue weighted by Crippen LogP contribution is 2.16. The van der Waals surface area contributed by atoms with E-state index in [4.69, 9.17) is 9.15 Å². The lowest BCUT2D eigenvalue weighted by molar-refractivity contribution is 0.0474. The van der Waals surface area contributed by atoms with Crippen LogP contribution in [0.15, 0.2) is 76.2 Å². The minimum Gasteiger partial charge on any atom is -0.468 e. The minimum atomic E-state index is -3.77. The van der Waals surface area contributed by atoms with Gasteiger partial charge in [0.15, 0.2) is 12.4 Å². The van der Waals surface area contributed by atoms with Gasteiger partial charge in [0.05, 0.1) is 23.3 Å². The van der Waals surface area contributed by atoms with Crippen molar-refractivity contribution in [1.29, 1.82) is 0 Å². The fourth-order valence-corrected chi connectivity index (χ4v) is 3.78. The largest absolute Gasteiger partial charge is 0.468 e. The lowest BCUT2D eigenvalue weighted by atomic mass is 10.0. The van der Waals surface area contributed by atoms with Crippen LogP contribution in [0.5, 0.6) is 0 Å². The predicted octanol–water partition coefficient (Wildman–Crippen LogP) is 3.92. The van der Waals surface area contributed by atoms with Crippen molar-refractivity contribution >= 4 is 21.8 Å². The lowest BCUT2D eigenvalue weighted by Gasteiger charge is -2.08. The molecule has 0 unspecified atom stereocenters. The summed E-state index contributed by atoms with van der Waals surface area (Å²) in [5.41, 5.74) is 1.72. The van der Waals surface area contributed by atoms with Crippen molar-refractivity contribution in [2.75, 3.05) is 6.61 Å². The van der Waals surface area contributed by atoms with E-state index in [0.29, 0.717) is 17.2 Å². The summed E-state index contributed by atoms with van der Waals surface area (Å²) in [5, 5.41) is 0. The SMILES string of the molecule is CC(C)c1ccc(C(=O)COC(=O)c2ccc(S(=O)(=O)NCc3ccco3)cc2)cc1. The van der Waals surface area contributed by atoms with Gasteiger partial charge in [-0.1, -0.05) is 38.1 Å². The molecular formula is C23H23NO6S. The van der Waals surface area contributed by atoms with Gasteiger partial charge < -0.3 is 9.15 Å². The molecule has 31 heavy (non-hydrogen) atoms. The van der Waals surface area contributed by atoms with Crippen molar-refractivity contribution < 1.29 is 27.2 Å². The summed E-state index contributed by atoms with van der Waals surface area (Å²) in [6.07, 6.45) is 1.45. The molecule has 0 aliphatic carbocycles. The Bertz CT molecular complexity index is 1130. The summed E-state index contributed by atoms with van der Waals surface area (Å²) in [4.78, 5) is 24.5. The van der Waals surface area contributed by atoms with Crippen molar-refractivity contribution in [3.05, 3.63) is 89.4 Å². The number of carbonyl (C=O) groups is 2. The van der Waals surface area contributed by atoms with Crippen LogP contribution in [0.1, 0.15) is 51.8 Å². The number of Topliss-reactive ketones (excluding diaryl/α,β-unsaturated/α-hetero) is 1. The molecule has 0 aliphatic heterocycles. The molecule has 1 aromatic heterocycles. The van der Waals surface area contributed by atoms with Gasteiger partial charge in [0.1, 0.15) is 5.76 Å². The molecule has 8 heteroatoms. The quantitative estimate of drug-likeness (QED) is 0.399. The number of ketones is 1. The molecule has 0 bridgehead atoms. The van der Waals surface area contributed by atoms with E-state index in [9.17, 15) is 18.0 Å². The third kappa shape index (κ3) is 5.90. The molecule has 162 valence electrons. The van der Waals surface area contributed by atoms with Crippen LogP contribution < -0.4 is 4.72 Å². The molecule has 0 saturated heterocycles. The van der Waals surface area contributed by atoms with E-state index in [1.165, 1.54) is 30.5 Å². The smallest absolute Gasteiger partial charge is 0.338 e. The van der Waals surface area contributed by atoms with E-state index >= 15 is 0 Å². The highest BCUT2D eigenvalue weighted by molar-refractivity contribution is 7.89. The van der Waals surface area contributed by atoms with Gasteiger partial charge in [-0.25, -0.2) is 17.9 Å². The first-order chi connectivity index (χ1) is 14.8. The number of nitrogens with one attached hydrogen (secondary N) is 1. The van der Waals surface area contributed by atoms with Crippen molar-refractivity contribution in [2.45, 2.75) is 31.2 Å². The molecule has 3 aromatic rings. The number of rotatable bonds is 9. The molecule has 2 aromatic carbocycles. The number of esters is 1. The van der Waals surface area contributed by atoms with Gasteiger partial charge in [0, 0.05) is 5.56 Å². The zero-order valence-electron chi connectivity index (χ0n) is 17.2. The second-order valence-corrected chi connectivity index (χ2v) is 8.97. The van der Waals surface area contributed by atoms with Gasteiger partial charge in [-0.2, -0.15) is 0 Å². The van der Waals surface area contributed by atoms with Crippen LogP contribution in [-0.4, -0.2) is 26.8 Å². The first kappa shape index (κ1) is 22.5. The van der Waals surface area contributed by atoms with Gasteiger partial charge in [-0.15, -0.1) is 0 Å². The van der Waals surface area contributed by atoms with Crippen molar-refractivity contribution in [2.24, 2.45) is 0 Å². The van der Waals surface area contributed by atoms with Crippen molar-refractivity contribution in [1.82, 2.24) is 4.72 Å². The van der Waals surface area contributed by atoms with E-state index in [1.807, 2.05) is 12.1 Å². The number of sulfonamides is 1. The van der Waals surface area contributed by atoms with E-state index < -0.39 is 22.6 Å². The molecule has 0 fully saturated rings. The van der Waals surface area contributed by atoms with Crippen LogP contribution >= 0.6 is 0 Å². The number of carbonyl (C=O) groups excluding carboxylic acids is 2. The Morgan fingerprint density at radius 2 is 1.61 bits per heavy atom. The topological polar surface area (TPSA) is 103 Å². The van der Waals surface area contributed by atoms with Crippen LogP contribution in [0.25, 0.3) is 0 Å². The third-order valence-electron chi connectivity index (χ3n) is 4.65. The Morgan fingerprint density at radius 1 is 0.968 bits per heavy atom. The van der Waals surface area contributed by atoms with Crippen molar-refractivity contribution in [3.63, 3.8) is 0 Å². The van der Waals surface area contributed by atoms with E-state index in [0.717, 1.165) is 5.56 Å². The second kappa shape index (κ2) is 9.72. The molecule has 3 rings (SSSR count). The number of furan rings is 1. The number of benzene rings is 2. The number of hydrogen-bond acceptors (Lipinski definition) is 6. The molecule has 0 aliphatic rings. The first-order valence-electron chi connectivity index (χ1n) is 9.68. The number of ether oxygens (including phenoxy) is 1. The van der Waals surface area contributed by atoms with Gasteiger partial charge in [0.2, 0.25) is 10.0 Å². The minimum absolute atomic E-state index is 0.00285. The third-order valence-corrected chi connectivity index (χ3v) is 6.07. The normalized spacial score (nSPS) is 11.5. The zero-order chi connectivity index (χ0) is 22.4. The summed E-state index contributed by atoms with van der Waals surface area (Å²) < 4.78 is 37.3. The van der Waals surface area contributed by atoms with Crippen LogP contribution in [0.4, 0.5) is 0 Å². The van der Waals surface area contributed by atoms with Gasteiger partial charge in [-0.05, 0) is 47.9 Å². The van der Waals surface area contributed by atoms with Crippen LogP contribution in [0.3, 0.4) is 0 Å². The summed E-state index contributed by atoms with van der Waals surface area (Å²) >= 11 is 0. The maximum Gasteiger partial charge on any atom is 0.338 e. The lowest BCUT2D eigenvalue weighted by Crippen LogP contribution is -2.23. The fourth-order valence-electron chi connectivity index (χ4n) is 2.78. The van der Waals surface area contributed by atoms with Crippen LogP contribution in [-0.2, 0) is 21.3 Å². The molecule has 0 saturated carbocycles.